The molecule has 1 saturated heterocycles. The summed E-state index contributed by atoms with van der Waals surface area (Å²) >= 11 is 0. The minimum absolute atomic E-state index is 0.638. The third-order valence-corrected chi connectivity index (χ3v) is 4.61. The zero-order chi connectivity index (χ0) is 14.3. The molecule has 0 saturated carbocycles. The molecule has 1 heteroatoms. The minimum Gasteiger partial charge on any atom is -0.316 e. The van der Waals surface area contributed by atoms with Crippen molar-refractivity contribution in [1.82, 2.24) is 5.32 Å². The van der Waals surface area contributed by atoms with Gasteiger partial charge in [0.05, 0.1) is 0 Å². The third kappa shape index (κ3) is 4.18. The first-order chi connectivity index (χ1) is 10.4. The maximum atomic E-state index is 3.56. The van der Waals surface area contributed by atoms with Crippen molar-refractivity contribution in [3.05, 3.63) is 71.8 Å². The molecule has 0 bridgehead atoms. The molecular formula is C20H25N. The highest BCUT2D eigenvalue weighted by Crippen LogP contribution is 2.30. The Labute approximate surface area is 128 Å². The van der Waals surface area contributed by atoms with E-state index in [1.807, 2.05) is 0 Å². The first-order valence-electron chi connectivity index (χ1n) is 8.21. The van der Waals surface area contributed by atoms with Crippen LogP contribution in [0.4, 0.5) is 0 Å². The summed E-state index contributed by atoms with van der Waals surface area (Å²) < 4.78 is 0. The number of hydrogen-bond donors (Lipinski definition) is 1. The average Bonchev–Trinajstić information content (AvgIpc) is 2.57. The van der Waals surface area contributed by atoms with Gasteiger partial charge in [-0.25, -0.2) is 0 Å². The fraction of sp³-hybridized carbons (Fsp3) is 0.400. The fourth-order valence-corrected chi connectivity index (χ4v) is 3.49. The Balaban J connectivity index is 1.74. The van der Waals surface area contributed by atoms with Crippen LogP contribution < -0.4 is 5.32 Å². The van der Waals surface area contributed by atoms with E-state index in [9.17, 15) is 0 Å². The van der Waals surface area contributed by atoms with Gasteiger partial charge < -0.3 is 5.32 Å². The predicted molar refractivity (Wildman–Crippen MR) is 89.5 cm³/mol. The standard InChI is InChI=1S/C20H25N/c1-3-8-17(9-4-1)14-20(19-11-5-2-6-12-19)15-18-10-7-13-21-16-18/h1-6,8-9,11-12,18,20-21H,7,10,13-16H2. The van der Waals surface area contributed by atoms with Gasteiger partial charge >= 0.3 is 0 Å². The summed E-state index contributed by atoms with van der Waals surface area (Å²) in [5.41, 5.74) is 2.95. The Kier molecular flexibility index (Phi) is 5.07. The van der Waals surface area contributed by atoms with E-state index in [0.29, 0.717) is 5.92 Å². The van der Waals surface area contributed by atoms with Crippen molar-refractivity contribution < 1.29 is 0 Å². The number of hydrogen-bond acceptors (Lipinski definition) is 1. The van der Waals surface area contributed by atoms with Gasteiger partial charge in [0.25, 0.3) is 0 Å². The van der Waals surface area contributed by atoms with Crippen LogP contribution in [0.25, 0.3) is 0 Å². The molecule has 2 aromatic rings. The zero-order valence-corrected chi connectivity index (χ0v) is 12.7. The summed E-state index contributed by atoms with van der Waals surface area (Å²) in [6.45, 7) is 2.39. The van der Waals surface area contributed by atoms with Crippen molar-refractivity contribution in [3.63, 3.8) is 0 Å². The largest absolute Gasteiger partial charge is 0.316 e. The summed E-state index contributed by atoms with van der Waals surface area (Å²) in [7, 11) is 0. The maximum absolute atomic E-state index is 3.56. The highest BCUT2D eigenvalue weighted by Gasteiger charge is 2.20. The minimum atomic E-state index is 0.638. The van der Waals surface area contributed by atoms with Gasteiger partial charge in [0.1, 0.15) is 0 Å². The second-order valence-corrected chi connectivity index (χ2v) is 6.25. The number of nitrogens with one attached hydrogen (secondary N) is 1. The normalized spacial score (nSPS) is 20.1. The zero-order valence-electron chi connectivity index (χ0n) is 12.7. The molecule has 0 aliphatic carbocycles. The van der Waals surface area contributed by atoms with Crippen LogP contribution in [0.5, 0.6) is 0 Å². The van der Waals surface area contributed by atoms with E-state index in [1.165, 1.54) is 43.5 Å². The second-order valence-electron chi connectivity index (χ2n) is 6.25. The SMILES string of the molecule is c1ccc(CC(CC2CCCNC2)c2ccccc2)cc1. The van der Waals surface area contributed by atoms with E-state index in [0.717, 1.165) is 12.3 Å². The topological polar surface area (TPSA) is 12.0 Å². The molecule has 21 heavy (non-hydrogen) atoms. The average molecular weight is 279 g/mol. The fourth-order valence-electron chi connectivity index (χ4n) is 3.49. The van der Waals surface area contributed by atoms with E-state index in [1.54, 1.807) is 0 Å². The molecule has 0 radical (unpaired) electrons. The number of benzene rings is 2. The molecule has 0 amide bonds. The van der Waals surface area contributed by atoms with Gasteiger partial charge in [0.2, 0.25) is 0 Å². The molecule has 1 heterocycles. The molecule has 0 spiro atoms. The van der Waals surface area contributed by atoms with Crippen molar-refractivity contribution in [2.24, 2.45) is 5.92 Å². The Morgan fingerprint density at radius 1 is 0.952 bits per heavy atom. The molecule has 1 N–H and O–H groups in total. The molecule has 2 unspecified atom stereocenters. The van der Waals surface area contributed by atoms with Crippen LogP contribution >= 0.6 is 0 Å². The molecule has 2 aromatic carbocycles. The van der Waals surface area contributed by atoms with E-state index >= 15 is 0 Å². The van der Waals surface area contributed by atoms with Crippen LogP contribution in [0.15, 0.2) is 60.7 Å². The molecule has 1 aliphatic rings. The van der Waals surface area contributed by atoms with Crippen molar-refractivity contribution in [2.75, 3.05) is 13.1 Å². The van der Waals surface area contributed by atoms with E-state index in [4.69, 9.17) is 0 Å². The molecule has 1 aliphatic heterocycles. The van der Waals surface area contributed by atoms with Gasteiger partial charge in [-0.1, -0.05) is 60.7 Å². The highest BCUT2D eigenvalue weighted by atomic mass is 14.9. The van der Waals surface area contributed by atoms with Crippen molar-refractivity contribution in [2.45, 2.75) is 31.6 Å². The van der Waals surface area contributed by atoms with Crippen LogP contribution in [-0.4, -0.2) is 13.1 Å². The van der Waals surface area contributed by atoms with Gasteiger partial charge in [-0.15, -0.1) is 0 Å². The molecule has 2 atom stereocenters. The Bertz CT molecular complexity index is 514. The van der Waals surface area contributed by atoms with Gasteiger partial charge in [0.15, 0.2) is 0 Å². The lowest BCUT2D eigenvalue weighted by molar-refractivity contribution is 0.334. The molecule has 1 fully saturated rings. The van der Waals surface area contributed by atoms with Crippen molar-refractivity contribution >= 4 is 0 Å². The quantitative estimate of drug-likeness (QED) is 0.855. The van der Waals surface area contributed by atoms with Crippen LogP contribution in [0.2, 0.25) is 0 Å². The van der Waals surface area contributed by atoms with Crippen LogP contribution in [0.3, 0.4) is 0 Å². The summed E-state index contributed by atoms with van der Waals surface area (Å²) in [6.07, 6.45) is 5.16. The molecule has 3 rings (SSSR count). The Hall–Kier alpha value is -1.60. The number of rotatable bonds is 5. The van der Waals surface area contributed by atoms with Crippen molar-refractivity contribution in [1.29, 1.82) is 0 Å². The van der Waals surface area contributed by atoms with Crippen LogP contribution in [0.1, 0.15) is 36.3 Å². The van der Waals surface area contributed by atoms with E-state index < -0.39 is 0 Å². The lowest BCUT2D eigenvalue weighted by atomic mass is 9.82. The van der Waals surface area contributed by atoms with Gasteiger partial charge in [-0.05, 0) is 61.7 Å². The molecule has 0 aromatic heterocycles. The Morgan fingerprint density at radius 2 is 1.67 bits per heavy atom. The Morgan fingerprint density at radius 3 is 2.33 bits per heavy atom. The first-order valence-corrected chi connectivity index (χ1v) is 8.21. The lowest BCUT2D eigenvalue weighted by Gasteiger charge is -2.27. The van der Waals surface area contributed by atoms with E-state index in [-0.39, 0.29) is 0 Å². The second kappa shape index (κ2) is 7.42. The third-order valence-electron chi connectivity index (χ3n) is 4.61. The van der Waals surface area contributed by atoms with E-state index in [2.05, 4.69) is 66.0 Å². The first kappa shape index (κ1) is 14.3. The number of piperidine rings is 1. The molecule has 1 nitrogen and oxygen atoms in total. The molecule has 110 valence electrons. The monoisotopic (exact) mass is 279 g/mol. The van der Waals surface area contributed by atoms with Crippen molar-refractivity contribution in [3.8, 4) is 0 Å². The molecular weight excluding hydrogens is 254 g/mol. The summed E-state index contributed by atoms with van der Waals surface area (Å²) in [5.74, 6) is 1.46. The maximum Gasteiger partial charge on any atom is -0.00203 e. The summed E-state index contributed by atoms with van der Waals surface area (Å²) in [5, 5.41) is 3.56. The van der Waals surface area contributed by atoms with Gasteiger partial charge in [-0.3, -0.25) is 0 Å². The van der Waals surface area contributed by atoms with Crippen LogP contribution in [0, 0.1) is 5.92 Å². The van der Waals surface area contributed by atoms with Crippen LogP contribution in [-0.2, 0) is 6.42 Å². The van der Waals surface area contributed by atoms with Gasteiger partial charge in [0, 0.05) is 0 Å². The van der Waals surface area contributed by atoms with Gasteiger partial charge in [-0.2, -0.15) is 0 Å². The summed E-state index contributed by atoms with van der Waals surface area (Å²) in [4.78, 5) is 0. The predicted octanol–water partition coefficient (Wildman–Crippen LogP) is 4.40. The smallest absolute Gasteiger partial charge is 0.00203 e. The summed E-state index contributed by atoms with van der Waals surface area (Å²) in [6, 6.07) is 22.0. The lowest BCUT2D eigenvalue weighted by Crippen LogP contribution is -2.30. The highest BCUT2D eigenvalue weighted by molar-refractivity contribution is 5.24.